The first-order valence-corrected chi connectivity index (χ1v) is 13.4. The maximum absolute atomic E-state index is 13.3. The van der Waals surface area contributed by atoms with Crippen LogP contribution in [0.2, 0.25) is 10.0 Å². The van der Waals surface area contributed by atoms with Crippen LogP contribution in [0.5, 0.6) is 0 Å². The Morgan fingerprint density at radius 1 is 1.36 bits per heavy atom. The second kappa shape index (κ2) is 12.6. The smallest absolute Gasteiger partial charge is 0.434 e. The van der Waals surface area contributed by atoms with Gasteiger partial charge in [-0.1, -0.05) is 29.3 Å². The Kier molecular flexibility index (Phi) is 9.49. The van der Waals surface area contributed by atoms with Crippen LogP contribution in [-0.4, -0.2) is 73.7 Å². The van der Waals surface area contributed by atoms with Gasteiger partial charge in [-0.15, -0.1) is 11.3 Å². The van der Waals surface area contributed by atoms with Gasteiger partial charge in [0.15, 0.2) is 16.5 Å². The molecule has 1 saturated heterocycles. The average Bonchev–Trinajstić information content (AvgIpc) is 3.39. The Morgan fingerprint density at radius 2 is 2.15 bits per heavy atom. The fourth-order valence-electron chi connectivity index (χ4n) is 4.14. The van der Waals surface area contributed by atoms with E-state index in [1.807, 2.05) is 4.90 Å². The number of aromatic nitrogens is 1. The van der Waals surface area contributed by atoms with Crippen LogP contribution in [0.3, 0.4) is 0 Å². The van der Waals surface area contributed by atoms with Gasteiger partial charge in [0, 0.05) is 39.8 Å². The number of halogens is 5. The van der Waals surface area contributed by atoms with Crippen molar-refractivity contribution in [2.45, 2.75) is 25.2 Å². The summed E-state index contributed by atoms with van der Waals surface area (Å²) in [5.41, 5.74) is -0.208. The van der Waals surface area contributed by atoms with Crippen LogP contribution in [0.1, 0.15) is 29.2 Å². The highest BCUT2D eigenvalue weighted by Gasteiger charge is 2.38. The van der Waals surface area contributed by atoms with Gasteiger partial charge < -0.3 is 19.5 Å². The van der Waals surface area contributed by atoms with Gasteiger partial charge in [0.2, 0.25) is 0 Å². The van der Waals surface area contributed by atoms with E-state index in [9.17, 15) is 22.8 Å². The maximum Gasteiger partial charge on any atom is 0.434 e. The number of hydrogen-bond donors (Lipinski definition) is 1. The van der Waals surface area contributed by atoms with Gasteiger partial charge in [0.25, 0.3) is 6.47 Å². The Morgan fingerprint density at radius 3 is 2.82 bits per heavy atom. The molecule has 39 heavy (non-hydrogen) atoms. The van der Waals surface area contributed by atoms with Crippen molar-refractivity contribution in [1.82, 2.24) is 15.2 Å². The zero-order valence-electron chi connectivity index (χ0n) is 20.5. The van der Waals surface area contributed by atoms with E-state index < -0.39 is 23.9 Å². The van der Waals surface area contributed by atoms with Crippen LogP contribution in [0, 0.1) is 0 Å². The lowest BCUT2D eigenvalue weighted by atomic mass is 9.95. The Hall–Kier alpha value is -2.71. The molecule has 0 aliphatic carbocycles. The predicted octanol–water partition coefficient (Wildman–Crippen LogP) is 4.25. The minimum Gasteiger partial charge on any atom is -0.466 e. The van der Waals surface area contributed by atoms with Crippen molar-refractivity contribution < 1.29 is 37.0 Å². The molecule has 0 saturated carbocycles. The molecular formula is C24H23Cl2F3N4O5S. The second-order valence-corrected chi connectivity index (χ2v) is 10.1. The largest absolute Gasteiger partial charge is 0.466 e. The summed E-state index contributed by atoms with van der Waals surface area (Å²) < 4.78 is 55.8. The Labute approximate surface area is 235 Å². The van der Waals surface area contributed by atoms with Gasteiger partial charge >= 0.3 is 12.1 Å². The molecule has 3 heterocycles. The van der Waals surface area contributed by atoms with Gasteiger partial charge in [0.05, 0.1) is 31.4 Å². The van der Waals surface area contributed by atoms with E-state index in [1.54, 1.807) is 19.1 Å². The molecule has 2 atom stereocenters. The summed E-state index contributed by atoms with van der Waals surface area (Å²) >= 11 is 13.3. The monoisotopic (exact) mass is 606 g/mol. The minimum atomic E-state index is -4.64. The molecule has 1 N–H and O–H groups in total. The summed E-state index contributed by atoms with van der Waals surface area (Å²) in [7, 11) is 0. The van der Waals surface area contributed by atoms with Crippen molar-refractivity contribution in [3.63, 3.8) is 0 Å². The van der Waals surface area contributed by atoms with Crippen molar-refractivity contribution in [2.24, 2.45) is 4.99 Å². The normalized spacial score (nSPS) is 20.3. The van der Waals surface area contributed by atoms with Crippen LogP contribution in [0.4, 0.5) is 13.2 Å². The molecule has 2 aliphatic heterocycles. The minimum absolute atomic E-state index is 0.0272. The van der Waals surface area contributed by atoms with Crippen molar-refractivity contribution in [2.75, 3.05) is 39.5 Å². The van der Waals surface area contributed by atoms with Crippen molar-refractivity contribution >= 4 is 52.8 Å². The number of nitrogens with one attached hydrogen (secondary N) is 1. The van der Waals surface area contributed by atoms with Gasteiger partial charge in [-0.3, -0.25) is 14.7 Å². The fourth-order valence-corrected chi connectivity index (χ4v) is 5.43. The number of aliphatic imine (C=N–C) groups is 1. The third-order valence-electron chi connectivity index (χ3n) is 5.94. The Bertz CT molecular complexity index is 1290. The zero-order valence-corrected chi connectivity index (χ0v) is 22.8. The molecule has 2 aliphatic rings. The fraction of sp³-hybridized carbons (Fsp3) is 0.417. The van der Waals surface area contributed by atoms with Crippen LogP contribution in [-0.2, 0) is 30.0 Å². The number of amidine groups is 1. The van der Waals surface area contributed by atoms with Crippen molar-refractivity contribution in [1.29, 1.82) is 0 Å². The number of rotatable bonds is 9. The molecule has 1 aromatic carbocycles. The van der Waals surface area contributed by atoms with Gasteiger partial charge in [0.1, 0.15) is 12.6 Å². The van der Waals surface area contributed by atoms with Crippen LogP contribution in [0.25, 0.3) is 0 Å². The topological polar surface area (TPSA) is 102 Å². The number of carbonyl (C=O) groups excluding carboxylic acids is 2. The first-order chi connectivity index (χ1) is 18.6. The molecule has 2 aromatic rings. The number of nitrogens with zero attached hydrogens (tertiary/aromatic N) is 3. The maximum atomic E-state index is 13.3. The van der Waals surface area contributed by atoms with E-state index in [4.69, 9.17) is 37.4 Å². The third kappa shape index (κ3) is 6.90. The van der Waals surface area contributed by atoms with Gasteiger partial charge in [-0.25, -0.2) is 9.78 Å². The molecule has 9 nitrogen and oxygen atoms in total. The number of hydrogen-bond acceptors (Lipinski definition) is 10. The first-order valence-electron chi connectivity index (χ1n) is 11.7. The lowest BCUT2D eigenvalue weighted by Crippen LogP contribution is -2.50. The second-order valence-electron chi connectivity index (χ2n) is 8.45. The van der Waals surface area contributed by atoms with E-state index in [1.165, 1.54) is 6.07 Å². The van der Waals surface area contributed by atoms with Crippen molar-refractivity contribution in [3.05, 3.63) is 61.2 Å². The number of carbonyl (C=O) groups is 2. The number of benzene rings is 1. The molecule has 0 radical (unpaired) electrons. The summed E-state index contributed by atoms with van der Waals surface area (Å²) in [5.74, 6) is -0.647. The van der Waals surface area contributed by atoms with Gasteiger partial charge in [-0.2, -0.15) is 13.2 Å². The standard InChI is InChI=1S/C24H23Cl2F3N4O5S/c1-2-38-23(35)19-17(8-33-5-6-36-9-14(33)10-37-12-34)30-21(22-31-18(11-39-22)24(27,28)29)32-20(19)15-4-3-13(25)7-16(15)26/h3-4,7,11-12,14,20H,2,5-6,8-10H2,1H3,(H,30,32). The highest BCUT2D eigenvalue weighted by atomic mass is 35.5. The van der Waals surface area contributed by atoms with Crippen molar-refractivity contribution in [3.8, 4) is 0 Å². The number of ether oxygens (including phenoxy) is 3. The van der Waals surface area contributed by atoms with Crippen LogP contribution in [0.15, 0.2) is 39.8 Å². The highest BCUT2D eigenvalue weighted by Crippen LogP contribution is 2.38. The molecule has 4 rings (SSSR count). The molecule has 0 bridgehead atoms. The molecule has 1 fully saturated rings. The highest BCUT2D eigenvalue weighted by molar-refractivity contribution is 7.11. The first kappa shape index (κ1) is 29.3. The molecule has 0 amide bonds. The number of alkyl halides is 3. The lowest BCUT2D eigenvalue weighted by Gasteiger charge is -2.37. The lowest BCUT2D eigenvalue weighted by molar-refractivity contribution is -0.141. The van der Waals surface area contributed by atoms with Crippen LogP contribution >= 0.6 is 34.5 Å². The molecule has 210 valence electrons. The van der Waals surface area contributed by atoms with E-state index >= 15 is 0 Å². The quantitative estimate of drug-likeness (QED) is 0.334. The predicted molar refractivity (Wildman–Crippen MR) is 138 cm³/mol. The summed E-state index contributed by atoms with van der Waals surface area (Å²) in [6.45, 7) is 3.29. The number of morpholine rings is 1. The summed E-state index contributed by atoms with van der Waals surface area (Å²) in [6, 6.07) is 3.28. The number of esters is 1. The molecule has 0 spiro atoms. The Balaban J connectivity index is 1.82. The summed E-state index contributed by atoms with van der Waals surface area (Å²) in [6.07, 6.45) is -4.64. The van der Waals surface area contributed by atoms with Crippen LogP contribution < -0.4 is 5.32 Å². The van der Waals surface area contributed by atoms with E-state index in [2.05, 4.69) is 15.3 Å². The third-order valence-corrected chi connectivity index (χ3v) is 7.35. The van der Waals surface area contributed by atoms with E-state index in [0.29, 0.717) is 35.9 Å². The zero-order chi connectivity index (χ0) is 28.2. The molecule has 15 heteroatoms. The summed E-state index contributed by atoms with van der Waals surface area (Å²) in [4.78, 5) is 34.4. The molecular weight excluding hydrogens is 584 g/mol. The SMILES string of the molecule is CCOC(=O)C1=C(CN2CCOCC2COC=O)NC(c2nc(C(F)(F)F)cs2)=NC1c1ccc(Cl)cc1Cl. The molecule has 1 aromatic heterocycles. The summed E-state index contributed by atoms with van der Waals surface area (Å²) in [5, 5.41) is 4.45. The van der Waals surface area contributed by atoms with Gasteiger partial charge in [-0.05, 0) is 19.1 Å². The van der Waals surface area contributed by atoms with E-state index in [-0.39, 0.29) is 53.8 Å². The average molecular weight is 607 g/mol. The molecule has 2 unspecified atom stereocenters. The number of thiazole rings is 1. The van der Waals surface area contributed by atoms with E-state index in [0.717, 1.165) is 16.7 Å².